The van der Waals surface area contributed by atoms with E-state index in [1.807, 2.05) is 12.1 Å². The van der Waals surface area contributed by atoms with Crippen LogP contribution in [0.3, 0.4) is 0 Å². The van der Waals surface area contributed by atoms with Crippen molar-refractivity contribution in [3.05, 3.63) is 54.2 Å². The Morgan fingerprint density at radius 2 is 1.86 bits per heavy atom. The van der Waals surface area contributed by atoms with Crippen LogP contribution in [0.4, 0.5) is 0 Å². The van der Waals surface area contributed by atoms with Gasteiger partial charge in [0.1, 0.15) is 0 Å². The van der Waals surface area contributed by atoms with E-state index in [-0.39, 0.29) is 5.91 Å². The molecule has 0 saturated heterocycles. The maximum atomic E-state index is 11.5. The van der Waals surface area contributed by atoms with Gasteiger partial charge in [0.05, 0.1) is 11.7 Å². The number of hydrogen-bond donors (Lipinski definition) is 1. The van der Waals surface area contributed by atoms with Crippen LogP contribution in [0.5, 0.6) is 0 Å². The summed E-state index contributed by atoms with van der Waals surface area (Å²) in [5, 5.41) is 5.10. The van der Waals surface area contributed by atoms with Crippen molar-refractivity contribution in [2.24, 2.45) is 5.73 Å². The maximum absolute atomic E-state index is 11.5. The number of nitrogens with two attached hydrogens (primary N) is 1. The minimum Gasteiger partial charge on any atom is -0.330 e. The molecule has 3 aromatic rings. The average molecular weight is 293 g/mol. The molecule has 0 amide bonds. The molecule has 22 heavy (non-hydrogen) atoms. The smallest absolute Gasteiger partial charge is 0.244 e. The third-order valence-electron chi connectivity index (χ3n) is 4.03. The van der Waals surface area contributed by atoms with Crippen molar-refractivity contribution in [2.45, 2.75) is 19.8 Å². The van der Waals surface area contributed by atoms with E-state index < -0.39 is 0 Å². The molecular formula is C18H19N3O. The first-order valence-corrected chi connectivity index (χ1v) is 7.39. The quantitative estimate of drug-likeness (QED) is 0.804. The van der Waals surface area contributed by atoms with Gasteiger partial charge < -0.3 is 5.73 Å². The largest absolute Gasteiger partial charge is 0.330 e. The number of aromatic nitrogens is 2. The Balaban J connectivity index is 1.98. The third-order valence-corrected chi connectivity index (χ3v) is 4.03. The Kier molecular flexibility index (Phi) is 3.77. The zero-order valence-electron chi connectivity index (χ0n) is 12.8. The molecule has 1 unspecified atom stereocenters. The number of benzene rings is 2. The molecule has 3 rings (SSSR count). The number of hydrogen-bond acceptors (Lipinski definition) is 3. The fourth-order valence-electron chi connectivity index (χ4n) is 2.60. The van der Waals surface area contributed by atoms with Gasteiger partial charge in [-0.25, -0.2) is 4.68 Å². The van der Waals surface area contributed by atoms with Gasteiger partial charge in [0.25, 0.3) is 0 Å². The highest BCUT2D eigenvalue weighted by Gasteiger charge is 2.08. The molecule has 0 aliphatic heterocycles. The summed E-state index contributed by atoms with van der Waals surface area (Å²) in [6.45, 7) is 4.28. The van der Waals surface area contributed by atoms with E-state index in [1.54, 1.807) is 6.20 Å². The molecule has 0 aliphatic rings. The highest BCUT2D eigenvalue weighted by molar-refractivity contribution is 5.92. The first-order valence-electron chi connectivity index (χ1n) is 7.39. The minimum absolute atomic E-state index is 0.0807. The van der Waals surface area contributed by atoms with E-state index in [0.29, 0.717) is 12.5 Å². The fraction of sp³-hybridized carbons (Fsp3) is 0.222. The van der Waals surface area contributed by atoms with E-state index in [1.165, 1.54) is 17.2 Å². The second-order valence-corrected chi connectivity index (χ2v) is 5.61. The molecule has 0 bridgehead atoms. The molecular weight excluding hydrogens is 274 g/mol. The van der Waals surface area contributed by atoms with E-state index in [2.05, 4.69) is 42.4 Å². The Hall–Kier alpha value is -2.46. The lowest BCUT2D eigenvalue weighted by Gasteiger charge is -2.10. The Morgan fingerprint density at radius 1 is 1.18 bits per heavy atom. The van der Waals surface area contributed by atoms with Gasteiger partial charge in [0.15, 0.2) is 0 Å². The van der Waals surface area contributed by atoms with Crippen LogP contribution in [0.2, 0.25) is 0 Å². The summed E-state index contributed by atoms with van der Waals surface area (Å²) in [7, 11) is 0. The monoisotopic (exact) mass is 293 g/mol. The molecule has 0 aliphatic carbocycles. The Bertz CT molecular complexity index is 818. The molecule has 1 atom stereocenters. The van der Waals surface area contributed by atoms with Crippen LogP contribution in [0.25, 0.3) is 22.0 Å². The van der Waals surface area contributed by atoms with Crippen LogP contribution in [0, 0.1) is 0 Å². The van der Waals surface area contributed by atoms with Crippen LogP contribution in [-0.2, 0) is 0 Å². The number of fused-ring (bicyclic) bond motifs is 1. The van der Waals surface area contributed by atoms with Gasteiger partial charge in [-0.05, 0) is 41.3 Å². The Morgan fingerprint density at radius 3 is 2.50 bits per heavy atom. The molecule has 0 spiro atoms. The minimum atomic E-state index is -0.0807. The van der Waals surface area contributed by atoms with Gasteiger partial charge in [-0.1, -0.05) is 37.3 Å². The van der Waals surface area contributed by atoms with Gasteiger partial charge >= 0.3 is 0 Å². The predicted molar refractivity (Wildman–Crippen MR) is 88.9 cm³/mol. The molecule has 1 aromatic heterocycles. The van der Waals surface area contributed by atoms with Crippen molar-refractivity contribution < 1.29 is 4.79 Å². The van der Waals surface area contributed by atoms with E-state index in [4.69, 9.17) is 5.73 Å². The van der Waals surface area contributed by atoms with Gasteiger partial charge in [0, 0.05) is 12.3 Å². The van der Waals surface area contributed by atoms with Crippen LogP contribution < -0.4 is 5.73 Å². The molecule has 2 N–H and O–H groups in total. The zero-order valence-corrected chi connectivity index (χ0v) is 12.8. The summed E-state index contributed by atoms with van der Waals surface area (Å²) >= 11 is 0. The van der Waals surface area contributed by atoms with Crippen molar-refractivity contribution in [1.29, 1.82) is 0 Å². The van der Waals surface area contributed by atoms with Gasteiger partial charge in [-0.3, -0.25) is 4.79 Å². The van der Waals surface area contributed by atoms with Crippen molar-refractivity contribution in [3.63, 3.8) is 0 Å². The summed E-state index contributed by atoms with van der Waals surface area (Å²) in [6, 6.07) is 14.5. The van der Waals surface area contributed by atoms with Crippen molar-refractivity contribution in [1.82, 2.24) is 9.78 Å². The molecule has 4 heteroatoms. The molecule has 0 saturated carbocycles. The second kappa shape index (κ2) is 5.73. The van der Waals surface area contributed by atoms with E-state index in [0.717, 1.165) is 22.0 Å². The Labute approximate surface area is 129 Å². The third kappa shape index (κ3) is 2.53. The SMILES string of the molecule is CC(=O)n1ncc2cc(-c3ccc(C(C)CN)cc3)ccc21. The first kappa shape index (κ1) is 14.5. The topological polar surface area (TPSA) is 60.9 Å². The molecule has 112 valence electrons. The van der Waals surface area contributed by atoms with Gasteiger partial charge in [-0.15, -0.1) is 0 Å². The normalized spacial score (nSPS) is 12.5. The highest BCUT2D eigenvalue weighted by Crippen LogP contribution is 2.26. The lowest BCUT2D eigenvalue weighted by Crippen LogP contribution is -2.08. The molecule has 2 aromatic carbocycles. The van der Waals surface area contributed by atoms with Crippen molar-refractivity contribution >= 4 is 16.8 Å². The number of nitrogens with zero attached hydrogens (tertiary/aromatic N) is 2. The van der Waals surface area contributed by atoms with Crippen molar-refractivity contribution in [3.8, 4) is 11.1 Å². The molecule has 1 heterocycles. The molecule has 4 nitrogen and oxygen atoms in total. The second-order valence-electron chi connectivity index (χ2n) is 5.61. The van der Waals surface area contributed by atoms with Crippen LogP contribution >= 0.6 is 0 Å². The highest BCUT2D eigenvalue weighted by atomic mass is 16.2. The first-order chi connectivity index (χ1) is 10.6. The molecule has 0 fully saturated rings. The predicted octanol–water partition coefficient (Wildman–Crippen LogP) is 3.43. The van der Waals surface area contributed by atoms with Crippen LogP contribution in [0.15, 0.2) is 48.7 Å². The lowest BCUT2D eigenvalue weighted by molar-refractivity contribution is 0.0927. The van der Waals surface area contributed by atoms with Gasteiger partial charge in [-0.2, -0.15) is 5.10 Å². The summed E-state index contributed by atoms with van der Waals surface area (Å²) < 4.78 is 1.42. The summed E-state index contributed by atoms with van der Waals surface area (Å²) in [5.41, 5.74) is 10.0. The molecule has 0 radical (unpaired) electrons. The lowest BCUT2D eigenvalue weighted by atomic mass is 9.97. The standard InChI is InChI=1S/C18H19N3O/c1-12(10-19)14-3-5-15(6-4-14)16-7-8-18-17(9-16)11-20-21(18)13(2)22/h3-9,11-12H,10,19H2,1-2H3. The fourth-order valence-corrected chi connectivity index (χ4v) is 2.60. The van der Waals surface area contributed by atoms with E-state index in [9.17, 15) is 4.79 Å². The van der Waals surface area contributed by atoms with E-state index >= 15 is 0 Å². The zero-order chi connectivity index (χ0) is 15.7. The average Bonchev–Trinajstić information content (AvgIpc) is 2.97. The van der Waals surface area contributed by atoms with Crippen LogP contribution in [0.1, 0.15) is 30.1 Å². The van der Waals surface area contributed by atoms with Gasteiger partial charge in [0.2, 0.25) is 5.91 Å². The van der Waals surface area contributed by atoms with Crippen LogP contribution in [-0.4, -0.2) is 22.2 Å². The maximum Gasteiger partial charge on any atom is 0.244 e. The summed E-state index contributed by atoms with van der Waals surface area (Å²) in [6.07, 6.45) is 1.73. The number of carbonyl (C=O) groups excluding carboxylic acids is 1. The number of carbonyl (C=O) groups is 1. The van der Waals surface area contributed by atoms with Crippen molar-refractivity contribution in [2.75, 3.05) is 6.54 Å². The summed E-state index contributed by atoms with van der Waals surface area (Å²) in [4.78, 5) is 11.5. The summed E-state index contributed by atoms with van der Waals surface area (Å²) in [5.74, 6) is 0.285. The number of rotatable bonds is 3.